The van der Waals surface area contributed by atoms with Gasteiger partial charge in [-0.1, -0.05) is 54.6 Å². The zero-order valence-electron chi connectivity index (χ0n) is 19.5. The molecule has 1 aromatic heterocycles. The number of benzene rings is 2. The van der Waals surface area contributed by atoms with Crippen LogP contribution >= 0.6 is 0 Å². The molecule has 1 amide bonds. The smallest absolute Gasteiger partial charge is 0.318 e. The summed E-state index contributed by atoms with van der Waals surface area (Å²) >= 11 is 0. The van der Waals surface area contributed by atoms with Crippen molar-refractivity contribution in [3.05, 3.63) is 92.9 Å². The highest BCUT2D eigenvalue weighted by atomic mass is 16.5. The van der Waals surface area contributed by atoms with Crippen LogP contribution in [0.5, 0.6) is 11.8 Å². The summed E-state index contributed by atoms with van der Waals surface area (Å²) in [7, 11) is 1.41. The lowest BCUT2D eigenvalue weighted by Gasteiger charge is -2.38. The number of fused-ring (bicyclic) bond motifs is 3. The predicted octanol–water partition coefficient (Wildman–Crippen LogP) is 3.59. The first kappa shape index (κ1) is 21.9. The quantitative estimate of drug-likeness (QED) is 0.650. The van der Waals surface area contributed by atoms with E-state index in [-0.39, 0.29) is 17.7 Å². The third-order valence-electron chi connectivity index (χ3n) is 6.69. The third kappa shape index (κ3) is 3.48. The van der Waals surface area contributed by atoms with Gasteiger partial charge >= 0.3 is 11.6 Å². The van der Waals surface area contributed by atoms with Crippen LogP contribution in [0.15, 0.2) is 59.4 Å². The molecule has 2 heterocycles. The molecule has 0 saturated heterocycles. The molecule has 174 valence electrons. The summed E-state index contributed by atoms with van der Waals surface area (Å²) in [5, 5.41) is 10.6. The van der Waals surface area contributed by atoms with Crippen LogP contribution < -0.4 is 10.3 Å². The number of methoxy groups -OCH3 is 1. The Labute approximate surface area is 197 Å². The number of aromatic nitrogens is 2. The summed E-state index contributed by atoms with van der Waals surface area (Å²) in [4.78, 5) is 31.2. The Balaban J connectivity index is 1.80. The molecule has 0 unspecified atom stereocenters. The Morgan fingerprint density at radius 1 is 1.03 bits per heavy atom. The van der Waals surface area contributed by atoms with Crippen molar-refractivity contribution in [3.63, 3.8) is 0 Å². The second-order valence-corrected chi connectivity index (χ2v) is 8.98. The lowest BCUT2D eigenvalue weighted by Crippen LogP contribution is -2.47. The number of amides is 1. The summed E-state index contributed by atoms with van der Waals surface area (Å²) in [6, 6.07) is 16.2. The van der Waals surface area contributed by atoms with Crippen LogP contribution in [0.3, 0.4) is 0 Å². The molecule has 1 aliphatic heterocycles. The topological polar surface area (TPSA) is 84.7 Å². The summed E-state index contributed by atoms with van der Waals surface area (Å²) in [5.41, 5.74) is 4.88. The van der Waals surface area contributed by atoms with Crippen LogP contribution in [0.2, 0.25) is 0 Å². The summed E-state index contributed by atoms with van der Waals surface area (Å²) < 4.78 is 6.97. The molecule has 0 fully saturated rings. The van der Waals surface area contributed by atoms with Gasteiger partial charge in [0.2, 0.25) is 5.75 Å². The van der Waals surface area contributed by atoms with E-state index in [1.165, 1.54) is 18.2 Å². The van der Waals surface area contributed by atoms with E-state index < -0.39 is 23.3 Å². The van der Waals surface area contributed by atoms with Crippen LogP contribution in [-0.4, -0.2) is 45.2 Å². The van der Waals surface area contributed by atoms with E-state index in [4.69, 9.17) is 4.74 Å². The highest BCUT2D eigenvalue weighted by Crippen LogP contribution is 2.38. The van der Waals surface area contributed by atoms with E-state index in [1.807, 2.05) is 26.0 Å². The predicted molar refractivity (Wildman–Crippen MR) is 129 cm³/mol. The van der Waals surface area contributed by atoms with Crippen LogP contribution in [0, 0.1) is 0 Å². The van der Waals surface area contributed by atoms with Crippen LogP contribution in [-0.2, 0) is 12.8 Å². The number of carbonyl (C=O) groups is 1. The first-order valence-electron chi connectivity index (χ1n) is 11.5. The average Bonchev–Trinajstić information content (AvgIpc) is 2.99. The second kappa shape index (κ2) is 8.48. The number of aromatic hydroxyl groups is 1. The molecule has 7 heteroatoms. The maximum absolute atomic E-state index is 13.3. The van der Waals surface area contributed by atoms with E-state index in [2.05, 4.69) is 47.5 Å². The van der Waals surface area contributed by atoms with Gasteiger partial charge in [-0.3, -0.25) is 14.2 Å². The fourth-order valence-electron chi connectivity index (χ4n) is 5.02. The highest BCUT2D eigenvalue weighted by molar-refractivity contribution is 5.96. The molecular formula is C27H27N3O4. The second-order valence-electron chi connectivity index (χ2n) is 8.98. The Hall–Kier alpha value is -3.87. The van der Waals surface area contributed by atoms with Gasteiger partial charge in [0.15, 0.2) is 5.69 Å². The minimum absolute atomic E-state index is 0.00611. The van der Waals surface area contributed by atoms with Gasteiger partial charge in [-0.2, -0.15) is 4.98 Å². The summed E-state index contributed by atoms with van der Waals surface area (Å²) in [5.74, 6) is -1.07. The van der Waals surface area contributed by atoms with E-state index in [0.717, 1.165) is 29.5 Å². The monoisotopic (exact) mass is 457 g/mol. The molecule has 5 rings (SSSR count). The van der Waals surface area contributed by atoms with Gasteiger partial charge in [-0.05, 0) is 54.5 Å². The van der Waals surface area contributed by atoms with Crippen molar-refractivity contribution in [2.75, 3.05) is 13.7 Å². The minimum Gasteiger partial charge on any atom is -0.501 e. The van der Waals surface area contributed by atoms with Crippen LogP contribution in [0.4, 0.5) is 0 Å². The van der Waals surface area contributed by atoms with Gasteiger partial charge < -0.3 is 14.7 Å². The number of carbonyl (C=O) groups excluding carboxylic acids is 1. The van der Waals surface area contributed by atoms with Crippen molar-refractivity contribution in [2.24, 2.45) is 0 Å². The summed E-state index contributed by atoms with van der Waals surface area (Å²) in [6.07, 6.45) is 3.98. The largest absolute Gasteiger partial charge is 0.501 e. The Morgan fingerprint density at radius 3 is 2.18 bits per heavy atom. The molecule has 0 bridgehead atoms. The molecule has 1 atom stereocenters. The molecule has 1 N–H and O–H groups in total. The van der Waals surface area contributed by atoms with Crippen molar-refractivity contribution in [1.29, 1.82) is 0 Å². The zero-order chi connectivity index (χ0) is 24.0. The highest BCUT2D eigenvalue weighted by Gasteiger charge is 2.37. The van der Waals surface area contributed by atoms with Crippen LogP contribution in [0.1, 0.15) is 52.6 Å². The molecule has 34 heavy (non-hydrogen) atoms. The number of aryl methyl sites for hydroxylation is 2. The number of rotatable bonds is 3. The molecule has 2 aliphatic rings. The molecular weight excluding hydrogens is 430 g/mol. The lowest BCUT2D eigenvalue weighted by atomic mass is 9.91. The Bertz CT molecular complexity index is 1320. The fourth-order valence-corrected chi connectivity index (χ4v) is 5.02. The first-order valence-corrected chi connectivity index (χ1v) is 11.5. The SMILES string of the molecule is COc1nc(=O)c(O)c2n1[C@@H](C=C1c3ccccc3CCc3ccccc31)CN(C(C)C)C2=O. The number of hydrogen-bond acceptors (Lipinski definition) is 5. The van der Waals surface area contributed by atoms with E-state index in [1.54, 1.807) is 9.47 Å². The van der Waals surface area contributed by atoms with Crippen molar-refractivity contribution in [2.45, 2.75) is 38.8 Å². The van der Waals surface area contributed by atoms with E-state index >= 15 is 0 Å². The molecule has 0 saturated carbocycles. The Morgan fingerprint density at radius 2 is 1.62 bits per heavy atom. The summed E-state index contributed by atoms with van der Waals surface area (Å²) in [6.45, 7) is 4.20. The van der Waals surface area contributed by atoms with Gasteiger partial charge in [-0.15, -0.1) is 0 Å². The lowest BCUT2D eigenvalue weighted by molar-refractivity contribution is 0.0610. The maximum atomic E-state index is 13.3. The maximum Gasteiger partial charge on any atom is 0.318 e. The van der Waals surface area contributed by atoms with Gasteiger partial charge in [0.25, 0.3) is 5.91 Å². The van der Waals surface area contributed by atoms with Crippen molar-refractivity contribution in [3.8, 4) is 11.8 Å². The normalized spacial score (nSPS) is 17.1. The average molecular weight is 458 g/mol. The number of nitrogens with zero attached hydrogens (tertiary/aromatic N) is 3. The zero-order valence-corrected chi connectivity index (χ0v) is 19.5. The standard InChI is InChI=1S/C27H27N3O4/c1-16(2)29-15-19(30-23(26(29)33)24(31)25(32)28-27(30)34-3)14-22-20-10-6-4-8-17(20)12-13-18-9-5-7-11-21(18)22/h4-11,14,16,19,31H,12-13,15H2,1-3H3/t19-/m0/s1. The molecule has 1 aliphatic carbocycles. The molecule has 0 spiro atoms. The van der Waals surface area contributed by atoms with Gasteiger partial charge in [0.1, 0.15) is 0 Å². The van der Waals surface area contributed by atoms with Gasteiger partial charge in [0.05, 0.1) is 13.2 Å². The van der Waals surface area contributed by atoms with Crippen LogP contribution in [0.25, 0.3) is 5.57 Å². The van der Waals surface area contributed by atoms with E-state index in [0.29, 0.717) is 6.54 Å². The van der Waals surface area contributed by atoms with Gasteiger partial charge in [-0.25, -0.2) is 0 Å². The molecule has 3 aromatic rings. The van der Waals surface area contributed by atoms with Crippen molar-refractivity contribution in [1.82, 2.24) is 14.5 Å². The number of hydrogen-bond donors (Lipinski definition) is 1. The number of ether oxygens (including phenoxy) is 1. The van der Waals surface area contributed by atoms with Crippen molar-refractivity contribution < 1.29 is 14.6 Å². The fraction of sp³-hybridized carbons (Fsp3) is 0.296. The van der Waals surface area contributed by atoms with Crippen molar-refractivity contribution >= 4 is 11.5 Å². The minimum atomic E-state index is -0.876. The third-order valence-corrected chi connectivity index (χ3v) is 6.69. The van der Waals surface area contributed by atoms with Gasteiger partial charge in [0, 0.05) is 12.6 Å². The Kier molecular flexibility index (Phi) is 5.48. The molecule has 0 radical (unpaired) electrons. The first-order chi connectivity index (χ1) is 16.4. The molecule has 2 aromatic carbocycles. The molecule has 7 nitrogen and oxygen atoms in total. The van der Waals surface area contributed by atoms with E-state index in [9.17, 15) is 14.7 Å².